The topological polar surface area (TPSA) is 50.9 Å². The first-order valence-corrected chi connectivity index (χ1v) is 5.44. The highest BCUT2D eigenvalue weighted by molar-refractivity contribution is 5.43. The van der Waals surface area contributed by atoms with Gasteiger partial charge in [0.25, 0.3) is 0 Å². The van der Waals surface area contributed by atoms with Crippen molar-refractivity contribution in [1.82, 2.24) is 4.98 Å². The van der Waals surface area contributed by atoms with Gasteiger partial charge in [0.15, 0.2) is 0 Å². The maximum absolute atomic E-state index is 5.83. The highest BCUT2D eigenvalue weighted by atomic mass is 15.0. The summed E-state index contributed by atoms with van der Waals surface area (Å²) in [6, 6.07) is 3.93. The van der Waals surface area contributed by atoms with E-state index in [-0.39, 0.29) is 5.54 Å². The van der Waals surface area contributed by atoms with Gasteiger partial charge in [-0.1, -0.05) is 13.8 Å². The minimum Gasteiger partial charge on any atom is -0.379 e. The lowest BCUT2D eigenvalue weighted by Crippen LogP contribution is -2.43. The Kier molecular flexibility index (Phi) is 4.09. The second kappa shape index (κ2) is 5.12. The second-order valence-electron chi connectivity index (χ2n) is 4.72. The van der Waals surface area contributed by atoms with E-state index >= 15 is 0 Å². The van der Waals surface area contributed by atoms with Gasteiger partial charge in [0, 0.05) is 30.2 Å². The molecule has 0 aliphatic carbocycles. The average molecular weight is 207 g/mol. The third kappa shape index (κ3) is 3.88. The molecule has 0 amide bonds. The van der Waals surface area contributed by atoms with E-state index in [1.54, 1.807) is 12.4 Å². The van der Waals surface area contributed by atoms with Crippen LogP contribution in [0.1, 0.15) is 27.2 Å². The second-order valence-corrected chi connectivity index (χ2v) is 4.72. The number of nitrogens with two attached hydrogens (primary N) is 1. The van der Waals surface area contributed by atoms with Gasteiger partial charge in [0.1, 0.15) is 0 Å². The van der Waals surface area contributed by atoms with Crippen molar-refractivity contribution in [1.29, 1.82) is 0 Å². The first-order valence-electron chi connectivity index (χ1n) is 5.44. The lowest BCUT2D eigenvalue weighted by molar-refractivity contribution is 0.407. The standard InChI is InChI=1S/C12H21N3/c1-10(2)8-12(3,9-13)15-11-4-6-14-7-5-11/h4-7,10H,8-9,13H2,1-3H3,(H,14,15). The van der Waals surface area contributed by atoms with E-state index in [9.17, 15) is 0 Å². The Bertz CT molecular complexity index is 284. The molecule has 0 spiro atoms. The lowest BCUT2D eigenvalue weighted by Gasteiger charge is -2.32. The van der Waals surface area contributed by atoms with Crippen molar-refractivity contribution in [3.63, 3.8) is 0 Å². The van der Waals surface area contributed by atoms with Crippen molar-refractivity contribution in [3.05, 3.63) is 24.5 Å². The summed E-state index contributed by atoms with van der Waals surface area (Å²) in [4.78, 5) is 3.99. The number of hydrogen-bond donors (Lipinski definition) is 2. The van der Waals surface area contributed by atoms with E-state index in [4.69, 9.17) is 5.73 Å². The number of aromatic nitrogens is 1. The molecule has 0 radical (unpaired) electrons. The average Bonchev–Trinajstić information content (AvgIpc) is 2.18. The predicted octanol–water partition coefficient (Wildman–Crippen LogP) is 2.26. The Hall–Kier alpha value is -1.09. The molecule has 0 bridgehead atoms. The molecule has 0 aliphatic heterocycles. The van der Waals surface area contributed by atoms with Crippen LogP contribution in [0.5, 0.6) is 0 Å². The summed E-state index contributed by atoms with van der Waals surface area (Å²) in [7, 11) is 0. The molecule has 84 valence electrons. The highest BCUT2D eigenvalue weighted by Gasteiger charge is 2.23. The van der Waals surface area contributed by atoms with Crippen LogP contribution in [0, 0.1) is 5.92 Å². The van der Waals surface area contributed by atoms with Gasteiger partial charge in [-0.2, -0.15) is 0 Å². The van der Waals surface area contributed by atoms with Crippen LogP contribution >= 0.6 is 0 Å². The van der Waals surface area contributed by atoms with E-state index in [2.05, 4.69) is 31.1 Å². The Morgan fingerprint density at radius 3 is 2.47 bits per heavy atom. The molecule has 0 saturated carbocycles. The summed E-state index contributed by atoms with van der Waals surface area (Å²) in [6.07, 6.45) is 4.63. The summed E-state index contributed by atoms with van der Waals surface area (Å²) in [5, 5.41) is 3.47. The minimum atomic E-state index is -0.0322. The van der Waals surface area contributed by atoms with Gasteiger partial charge < -0.3 is 11.1 Å². The van der Waals surface area contributed by atoms with Crippen molar-refractivity contribution in [3.8, 4) is 0 Å². The fourth-order valence-electron chi connectivity index (χ4n) is 1.87. The van der Waals surface area contributed by atoms with Crippen LogP contribution in [0.15, 0.2) is 24.5 Å². The summed E-state index contributed by atoms with van der Waals surface area (Å²) in [5.74, 6) is 0.632. The fraction of sp³-hybridized carbons (Fsp3) is 0.583. The van der Waals surface area contributed by atoms with Gasteiger partial charge in [0.05, 0.1) is 0 Å². The first-order chi connectivity index (χ1) is 7.06. The van der Waals surface area contributed by atoms with Crippen LogP contribution in [0.4, 0.5) is 5.69 Å². The molecule has 0 aliphatic rings. The maximum Gasteiger partial charge on any atom is 0.0470 e. The van der Waals surface area contributed by atoms with Crippen LogP contribution in [0.25, 0.3) is 0 Å². The molecule has 1 rings (SSSR count). The molecule has 1 unspecified atom stereocenters. The molecule has 0 aromatic carbocycles. The van der Waals surface area contributed by atoms with Crippen LogP contribution in [0.3, 0.4) is 0 Å². The molecule has 1 aromatic rings. The largest absolute Gasteiger partial charge is 0.379 e. The van der Waals surface area contributed by atoms with Crippen molar-refractivity contribution >= 4 is 5.69 Å². The monoisotopic (exact) mass is 207 g/mol. The van der Waals surface area contributed by atoms with Gasteiger partial charge in [-0.15, -0.1) is 0 Å². The summed E-state index contributed by atoms with van der Waals surface area (Å²) < 4.78 is 0. The Morgan fingerprint density at radius 2 is 2.00 bits per heavy atom. The van der Waals surface area contributed by atoms with Gasteiger partial charge in [-0.3, -0.25) is 4.98 Å². The van der Waals surface area contributed by atoms with E-state index in [0.29, 0.717) is 12.5 Å². The molecule has 3 heteroatoms. The number of anilines is 1. The van der Waals surface area contributed by atoms with Crippen LogP contribution in [0.2, 0.25) is 0 Å². The van der Waals surface area contributed by atoms with Crippen molar-refractivity contribution in [2.24, 2.45) is 11.7 Å². The smallest absolute Gasteiger partial charge is 0.0470 e. The minimum absolute atomic E-state index is 0.0322. The van der Waals surface area contributed by atoms with E-state index < -0.39 is 0 Å². The van der Waals surface area contributed by atoms with Gasteiger partial charge >= 0.3 is 0 Å². The van der Waals surface area contributed by atoms with Gasteiger partial charge in [-0.05, 0) is 31.4 Å². The molecule has 0 saturated heterocycles. The zero-order valence-corrected chi connectivity index (χ0v) is 9.83. The lowest BCUT2D eigenvalue weighted by atomic mass is 9.90. The van der Waals surface area contributed by atoms with Crippen molar-refractivity contribution < 1.29 is 0 Å². The number of pyridine rings is 1. The molecular weight excluding hydrogens is 186 g/mol. The van der Waals surface area contributed by atoms with Crippen molar-refractivity contribution in [2.75, 3.05) is 11.9 Å². The summed E-state index contributed by atoms with van der Waals surface area (Å²) in [6.45, 7) is 7.21. The fourth-order valence-corrected chi connectivity index (χ4v) is 1.87. The quantitative estimate of drug-likeness (QED) is 0.778. The summed E-state index contributed by atoms with van der Waals surface area (Å²) >= 11 is 0. The predicted molar refractivity (Wildman–Crippen MR) is 64.8 cm³/mol. The molecule has 3 nitrogen and oxygen atoms in total. The van der Waals surface area contributed by atoms with Gasteiger partial charge in [0.2, 0.25) is 0 Å². The molecule has 1 atom stereocenters. The molecule has 1 aromatic heterocycles. The van der Waals surface area contributed by atoms with E-state index in [1.165, 1.54) is 0 Å². The zero-order chi connectivity index (χ0) is 11.3. The highest BCUT2D eigenvalue weighted by Crippen LogP contribution is 2.20. The molecule has 3 N–H and O–H groups in total. The Balaban J connectivity index is 2.68. The number of nitrogens with zero attached hydrogens (tertiary/aromatic N) is 1. The number of hydrogen-bond acceptors (Lipinski definition) is 3. The van der Waals surface area contributed by atoms with Crippen LogP contribution in [-0.4, -0.2) is 17.1 Å². The van der Waals surface area contributed by atoms with Crippen LogP contribution in [-0.2, 0) is 0 Å². The molecule has 1 heterocycles. The normalized spacial score (nSPS) is 15.0. The van der Waals surface area contributed by atoms with Crippen LogP contribution < -0.4 is 11.1 Å². The zero-order valence-electron chi connectivity index (χ0n) is 9.83. The molecule has 15 heavy (non-hydrogen) atoms. The molecule has 0 fully saturated rings. The van der Waals surface area contributed by atoms with Crippen molar-refractivity contribution in [2.45, 2.75) is 32.7 Å². The first kappa shape index (κ1) is 12.0. The van der Waals surface area contributed by atoms with E-state index in [0.717, 1.165) is 12.1 Å². The van der Waals surface area contributed by atoms with E-state index in [1.807, 2.05) is 12.1 Å². The molecular formula is C12H21N3. The SMILES string of the molecule is CC(C)CC(C)(CN)Nc1ccncc1. The summed E-state index contributed by atoms with van der Waals surface area (Å²) in [5.41, 5.74) is 6.87. The number of nitrogens with one attached hydrogen (secondary N) is 1. The Labute approximate surface area is 92.1 Å². The third-order valence-corrected chi connectivity index (χ3v) is 2.44. The number of rotatable bonds is 5. The van der Waals surface area contributed by atoms with Gasteiger partial charge in [-0.25, -0.2) is 0 Å². The maximum atomic E-state index is 5.83. The third-order valence-electron chi connectivity index (χ3n) is 2.44. The Morgan fingerprint density at radius 1 is 1.40 bits per heavy atom.